The van der Waals surface area contributed by atoms with Crippen LogP contribution in [0, 0.1) is 0 Å². The van der Waals surface area contributed by atoms with Crippen molar-refractivity contribution in [2.45, 2.75) is 45.3 Å². The molecule has 2 aromatic rings. The van der Waals surface area contributed by atoms with Crippen LogP contribution in [0.1, 0.15) is 42.9 Å². The van der Waals surface area contributed by atoms with Gasteiger partial charge in [0.15, 0.2) is 5.82 Å². The lowest BCUT2D eigenvalue weighted by Gasteiger charge is -2.22. The van der Waals surface area contributed by atoms with Crippen LogP contribution in [-0.4, -0.2) is 31.7 Å². The maximum atomic E-state index is 4.18. The molecule has 0 N–H and O–H groups in total. The second-order valence-electron chi connectivity index (χ2n) is 4.96. The maximum absolute atomic E-state index is 4.18. The van der Waals surface area contributed by atoms with Crippen molar-refractivity contribution >= 4 is 11.3 Å². The third-order valence-electron chi connectivity index (χ3n) is 3.62. The van der Waals surface area contributed by atoms with E-state index in [1.807, 2.05) is 16.0 Å². The number of tetrazole rings is 1. The summed E-state index contributed by atoms with van der Waals surface area (Å²) in [6, 6.07) is 4.92. The van der Waals surface area contributed by atoms with Crippen LogP contribution in [0.25, 0.3) is 0 Å². The van der Waals surface area contributed by atoms with E-state index in [0.717, 1.165) is 31.9 Å². The minimum absolute atomic E-state index is 0.548. The molecule has 0 bridgehead atoms. The highest BCUT2D eigenvalue weighted by Crippen LogP contribution is 2.35. The molecule has 5 nitrogen and oxygen atoms in total. The molecule has 1 aliphatic heterocycles. The molecule has 2 aromatic heterocycles. The predicted octanol–water partition coefficient (Wildman–Crippen LogP) is 2.48. The Balaban J connectivity index is 1.73. The molecule has 1 fully saturated rings. The first-order valence-electron chi connectivity index (χ1n) is 6.91. The highest BCUT2D eigenvalue weighted by Gasteiger charge is 2.27. The Morgan fingerprint density at radius 2 is 2.42 bits per heavy atom. The first-order valence-corrected chi connectivity index (χ1v) is 7.79. The zero-order valence-electron chi connectivity index (χ0n) is 11.2. The molecular formula is C13H19N5S. The van der Waals surface area contributed by atoms with Crippen LogP contribution in [0.15, 0.2) is 17.5 Å². The van der Waals surface area contributed by atoms with Gasteiger partial charge in [0, 0.05) is 17.5 Å². The van der Waals surface area contributed by atoms with Crippen molar-refractivity contribution in [3.05, 3.63) is 28.2 Å². The van der Waals surface area contributed by atoms with Gasteiger partial charge in [0.25, 0.3) is 0 Å². The number of aryl methyl sites for hydroxylation is 1. The second-order valence-corrected chi connectivity index (χ2v) is 5.94. The van der Waals surface area contributed by atoms with Crippen molar-refractivity contribution in [1.29, 1.82) is 0 Å². The number of thiophene rings is 1. The highest BCUT2D eigenvalue weighted by molar-refractivity contribution is 7.10. The van der Waals surface area contributed by atoms with E-state index in [-0.39, 0.29) is 0 Å². The number of hydrogen-bond acceptors (Lipinski definition) is 5. The van der Waals surface area contributed by atoms with Crippen molar-refractivity contribution in [3.63, 3.8) is 0 Å². The smallest absolute Gasteiger partial charge is 0.165 e. The van der Waals surface area contributed by atoms with Gasteiger partial charge in [-0.25, -0.2) is 4.68 Å². The molecule has 0 saturated carbocycles. The zero-order valence-corrected chi connectivity index (χ0v) is 12.0. The monoisotopic (exact) mass is 277 g/mol. The van der Waals surface area contributed by atoms with Gasteiger partial charge in [0.2, 0.25) is 0 Å². The van der Waals surface area contributed by atoms with Crippen molar-refractivity contribution in [2.75, 3.05) is 6.54 Å². The number of hydrogen-bond donors (Lipinski definition) is 0. The van der Waals surface area contributed by atoms with Gasteiger partial charge in [-0.05, 0) is 47.7 Å². The summed E-state index contributed by atoms with van der Waals surface area (Å²) in [5.74, 6) is 0.991. The van der Waals surface area contributed by atoms with Gasteiger partial charge >= 0.3 is 0 Å². The fourth-order valence-corrected chi connectivity index (χ4v) is 3.62. The summed E-state index contributed by atoms with van der Waals surface area (Å²) < 4.78 is 1.93. The van der Waals surface area contributed by atoms with E-state index in [9.17, 15) is 0 Å². The van der Waals surface area contributed by atoms with E-state index in [4.69, 9.17) is 0 Å². The van der Waals surface area contributed by atoms with Crippen molar-refractivity contribution in [3.8, 4) is 0 Å². The van der Waals surface area contributed by atoms with Gasteiger partial charge in [0.1, 0.15) is 0 Å². The summed E-state index contributed by atoms with van der Waals surface area (Å²) in [6.07, 6.45) is 3.57. The highest BCUT2D eigenvalue weighted by atomic mass is 32.1. The zero-order chi connectivity index (χ0) is 13.1. The summed E-state index contributed by atoms with van der Waals surface area (Å²) in [5.41, 5.74) is 0. The van der Waals surface area contributed by atoms with Gasteiger partial charge in [-0.15, -0.1) is 16.4 Å². The predicted molar refractivity (Wildman–Crippen MR) is 74.8 cm³/mol. The molecule has 0 aromatic carbocycles. The van der Waals surface area contributed by atoms with Gasteiger partial charge in [-0.3, -0.25) is 4.90 Å². The average Bonchev–Trinajstić information content (AvgIpc) is 3.12. The van der Waals surface area contributed by atoms with E-state index in [0.29, 0.717) is 6.04 Å². The minimum atomic E-state index is 0.548. The fraction of sp³-hybridized carbons (Fsp3) is 0.615. The number of likely N-dealkylation sites (tertiary alicyclic amines) is 1. The Morgan fingerprint density at radius 3 is 3.21 bits per heavy atom. The van der Waals surface area contributed by atoms with E-state index in [1.54, 1.807) is 0 Å². The molecule has 0 radical (unpaired) electrons. The van der Waals surface area contributed by atoms with Crippen LogP contribution in [-0.2, 0) is 13.1 Å². The van der Waals surface area contributed by atoms with Crippen molar-refractivity contribution in [1.82, 2.24) is 25.1 Å². The summed E-state index contributed by atoms with van der Waals surface area (Å²) in [6.45, 7) is 5.05. The van der Waals surface area contributed by atoms with Gasteiger partial charge in [-0.1, -0.05) is 13.0 Å². The van der Waals surface area contributed by atoms with Gasteiger partial charge < -0.3 is 0 Å². The molecular weight excluding hydrogens is 258 g/mol. The quantitative estimate of drug-likeness (QED) is 0.842. The molecule has 0 amide bonds. The summed E-state index contributed by atoms with van der Waals surface area (Å²) in [4.78, 5) is 3.97. The summed E-state index contributed by atoms with van der Waals surface area (Å²) >= 11 is 1.85. The lowest BCUT2D eigenvalue weighted by molar-refractivity contribution is 0.240. The van der Waals surface area contributed by atoms with Gasteiger partial charge in [-0.2, -0.15) is 0 Å². The van der Waals surface area contributed by atoms with E-state index >= 15 is 0 Å². The topological polar surface area (TPSA) is 46.8 Å². The lowest BCUT2D eigenvalue weighted by atomic mass is 10.2. The molecule has 102 valence electrons. The molecule has 0 unspecified atom stereocenters. The van der Waals surface area contributed by atoms with Crippen LogP contribution in [0.5, 0.6) is 0 Å². The standard InChI is InChI=1S/C13H19N5S/c1-2-7-18-13(14-15-16-18)10-17-8-3-5-11(17)12-6-4-9-19-12/h4,6,9,11H,2-3,5,7-8,10H2,1H3/t11-/m1/s1. The number of aromatic nitrogens is 4. The van der Waals surface area contributed by atoms with E-state index in [2.05, 4.69) is 44.9 Å². The van der Waals surface area contributed by atoms with Crippen LogP contribution in [0.3, 0.4) is 0 Å². The molecule has 1 saturated heterocycles. The molecule has 3 rings (SSSR count). The third kappa shape index (κ3) is 2.69. The molecule has 6 heteroatoms. The molecule has 1 aliphatic rings. The maximum Gasteiger partial charge on any atom is 0.165 e. The summed E-state index contributed by atoms with van der Waals surface area (Å²) in [5, 5.41) is 14.2. The Hall–Kier alpha value is -1.27. The Morgan fingerprint density at radius 1 is 1.47 bits per heavy atom. The van der Waals surface area contributed by atoms with Crippen LogP contribution >= 0.6 is 11.3 Å². The number of nitrogens with zero attached hydrogens (tertiary/aromatic N) is 5. The molecule has 1 atom stereocenters. The minimum Gasteiger partial charge on any atom is -0.288 e. The molecule has 0 aliphatic carbocycles. The van der Waals surface area contributed by atoms with Crippen molar-refractivity contribution < 1.29 is 0 Å². The first-order chi connectivity index (χ1) is 9.38. The first kappa shape index (κ1) is 12.7. The molecule has 19 heavy (non-hydrogen) atoms. The van der Waals surface area contributed by atoms with Crippen LogP contribution in [0.4, 0.5) is 0 Å². The lowest BCUT2D eigenvalue weighted by Crippen LogP contribution is -2.24. The summed E-state index contributed by atoms with van der Waals surface area (Å²) in [7, 11) is 0. The average molecular weight is 277 g/mol. The van der Waals surface area contributed by atoms with Crippen molar-refractivity contribution in [2.24, 2.45) is 0 Å². The SMILES string of the molecule is CCCn1nnnc1CN1CCC[C@@H]1c1cccs1. The molecule has 3 heterocycles. The second kappa shape index (κ2) is 5.79. The normalized spacial score (nSPS) is 20.2. The van der Waals surface area contributed by atoms with Gasteiger partial charge in [0.05, 0.1) is 6.54 Å². The largest absolute Gasteiger partial charge is 0.288 e. The Kier molecular flexibility index (Phi) is 3.89. The Labute approximate surface area is 117 Å². The molecule has 0 spiro atoms. The van der Waals surface area contributed by atoms with Crippen LogP contribution < -0.4 is 0 Å². The number of rotatable bonds is 5. The van der Waals surface area contributed by atoms with E-state index in [1.165, 1.54) is 17.7 Å². The third-order valence-corrected chi connectivity index (χ3v) is 4.59. The van der Waals surface area contributed by atoms with E-state index < -0.39 is 0 Å². The Bertz CT molecular complexity index is 507. The fourth-order valence-electron chi connectivity index (χ4n) is 2.72. The van der Waals surface area contributed by atoms with Crippen LogP contribution in [0.2, 0.25) is 0 Å².